The Bertz CT molecular complexity index is 384. The fourth-order valence-corrected chi connectivity index (χ4v) is 2.31. The molecule has 1 rings (SSSR count). The summed E-state index contributed by atoms with van der Waals surface area (Å²) in [4.78, 5) is 16.1. The second-order valence-corrected chi connectivity index (χ2v) is 5.13. The van der Waals surface area contributed by atoms with Crippen LogP contribution in [0.25, 0.3) is 0 Å². The van der Waals surface area contributed by atoms with Crippen molar-refractivity contribution in [1.82, 2.24) is 10.3 Å². The van der Waals surface area contributed by atoms with Gasteiger partial charge in [-0.3, -0.25) is 9.78 Å². The van der Waals surface area contributed by atoms with E-state index in [-0.39, 0.29) is 5.91 Å². The summed E-state index contributed by atoms with van der Waals surface area (Å²) in [5.41, 5.74) is 1.44. The lowest BCUT2D eigenvalue weighted by Crippen LogP contribution is -2.29. The van der Waals surface area contributed by atoms with E-state index in [1.807, 2.05) is 13.0 Å². The molecule has 0 saturated heterocycles. The van der Waals surface area contributed by atoms with E-state index in [0.29, 0.717) is 18.0 Å². The van der Waals surface area contributed by atoms with Crippen molar-refractivity contribution in [2.75, 3.05) is 30.4 Å². The smallest absolute Gasteiger partial charge is 0.254 e. The van der Waals surface area contributed by atoms with E-state index in [9.17, 15) is 4.79 Å². The van der Waals surface area contributed by atoms with Crippen LogP contribution < -0.4 is 10.6 Å². The van der Waals surface area contributed by atoms with Crippen molar-refractivity contribution in [3.63, 3.8) is 0 Å². The van der Waals surface area contributed by atoms with Gasteiger partial charge in [0.15, 0.2) is 0 Å². The molecule has 0 aliphatic carbocycles. The van der Waals surface area contributed by atoms with Crippen molar-refractivity contribution >= 4 is 23.4 Å². The number of hydrogen-bond donors (Lipinski definition) is 2. The molecule has 0 radical (unpaired) electrons. The van der Waals surface area contributed by atoms with Crippen molar-refractivity contribution < 1.29 is 4.79 Å². The summed E-state index contributed by atoms with van der Waals surface area (Å²) < 4.78 is 0. The molecule has 0 aliphatic heterocycles. The molecule has 1 atom stereocenters. The molecule has 0 aromatic carbocycles. The van der Waals surface area contributed by atoms with E-state index in [1.165, 1.54) is 0 Å². The van der Waals surface area contributed by atoms with Gasteiger partial charge in [0.2, 0.25) is 0 Å². The summed E-state index contributed by atoms with van der Waals surface area (Å²) in [5.74, 6) is 1.46. The number of anilines is 1. The van der Waals surface area contributed by atoms with Crippen LogP contribution in [0.4, 0.5) is 5.69 Å². The maximum atomic E-state index is 12.1. The van der Waals surface area contributed by atoms with E-state index in [2.05, 4.69) is 28.8 Å². The van der Waals surface area contributed by atoms with Crippen LogP contribution in [0, 0.1) is 5.92 Å². The second kappa shape index (κ2) is 7.97. The Labute approximate surface area is 113 Å². The topological polar surface area (TPSA) is 54.0 Å². The van der Waals surface area contributed by atoms with Gasteiger partial charge in [0.1, 0.15) is 0 Å². The van der Waals surface area contributed by atoms with Crippen molar-refractivity contribution in [1.29, 1.82) is 0 Å². The van der Waals surface area contributed by atoms with Gasteiger partial charge in [0.05, 0.1) is 11.3 Å². The highest BCUT2D eigenvalue weighted by molar-refractivity contribution is 7.98. The number of carbonyl (C=O) groups excluding carboxylic acids is 1. The first-order chi connectivity index (χ1) is 8.69. The van der Waals surface area contributed by atoms with E-state index < -0.39 is 0 Å². The molecule has 1 aromatic heterocycles. The standard InChI is InChI=1S/C13H21N3OS/c1-4-15-12-5-6-14-8-11(12)13(17)16-7-10(2)9-18-3/h5-6,8,10H,4,7,9H2,1-3H3,(H,14,15)(H,16,17). The first-order valence-electron chi connectivity index (χ1n) is 6.14. The van der Waals surface area contributed by atoms with Gasteiger partial charge in [-0.2, -0.15) is 11.8 Å². The molecular weight excluding hydrogens is 246 g/mol. The lowest BCUT2D eigenvalue weighted by atomic mass is 10.2. The number of rotatable bonds is 7. The quantitative estimate of drug-likeness (QED) is 0.795. The number of nitrogens with zero attached hydrogens (tertiary/aromatic N) is 1. The molecule has 0 fully saturated rings. The fraction of sp³-hybridized carbons (Fsp3) is 0.538. The number of nitrogens with one attached hydrogen (secondary N) is 2. The van der Waals surface area contributed by atoms with Crippen LogP contribution in [-0.2, 0) is 0 Å². The molecule has 0 spiro atoms. The third-order valence-electron chi connectivity index (χ3n) is 2.50. The minimum absolute atomic E-state index is 0.0630. The molecule has 1 unspecified atom stereocenters. The largest absolute Gasteiger partial charge is 0.385 e. The first kappa shape index (κ1) is 14.8. The molecule has 1 heterocycles. The highest BCUT2D eigenvalue weighted by Gasteiger charge is 2.11. The molecule has 18 heavy (non-hydrogen) atoms. The van der Waals surface area contributed by atoms with Crippen molar-refractivity contribution in [2.45, 2.75) is 13.8 Å². The maximum Gasteiger partial charge on any atom is 0.254 e. The minimum Gasteiger partial charge on any atom is -0.385 e. The van der Waals surface area contributed by atoms with Gasteiger partial charge in [0.25, 0.3) is 5.91 Å². The Hall–Kier alpha value is -1.23. The third kappa shape index (κ3) is 4.56. The maximum absolute atomic E-state index is 12.1. The van der Waals surface area contributed by atoms with Crippen LogP contribution >= 0.6 is 11.8 Å². The van der Waals surface area contributed by atoms with Gasteiger partial charge < -0.3 is 10.6 Å². The normalized spacial score (nSPS) is 11.9. The molecule has 100 valence electrons. The molecule has 1 amide bonds. The number of amides is 1. The van der Waals surface area contributed by atoms with Gasteiger partial charge >= 0.3 is 0 Å². The molecule has 2 N–H and O–H groups in total. The predicted molar refractivity (Wildman–Crippen MR) is 78.3 cm³/mol. The van der Waals surface area contributed by atoms with E-state index in [4.69, 9.17) is 0 Å². The average Bonchev–Trinajstić information content (AvgIpc) is 2.37. The Morgan fingerprint density at radius 1 is 1.56 bits per heavy atom. The predicted octanol–water partition coefficient (Wildman–Crippen LogP) is 2.24. The Morgan fingerprint density at radius 3 is 3.00 bits per heavy atom. The molecule has 1 aromatic rings. The molecule has 4 nitrogen and oxygen atoms in total. The van der Waals surface area contributed by atoms with E-state index >= 15 is 0 Å². The monoisotopic (exact) mass is 267 g/mol. The van der Waals surface area contributed by atoms with Gasteiger partial charge in [-0.15, -0.1) is 0 Å². The number of thioether (sulfide) groups is 1. The number of carbonyl (C=O) groups is 1. The zero-order valence-corrected chi connectivity index (χ0v) is 12.0. The number of hydrogen-bond acceptors (Lipinski definition) is 4. The summed E-state index contributed by atoms with van der Waals surface area (Å²) in [6.45, 7) is 5.61. The molecule has 0 saturated carbocycles. The van der Waals surface area contributed by atoms with Crippen LogP contribution in [0.15, 0.2) is 18.5 Å². The number of aromatic nitrogens is 1. The molecule has 0 aliphatic rings. The van der Waals surface area contributed by atoms with Crippen LogP contribution in [0.2, 0.25) is 0 Å². The summed E-state index contributed by atoms with van der Waals surface area (Å²) >= 11 is 1.79. The summed E-state index contributed by atoms with van der Waals surface area (Å²) in [6.07, 6.45) is 5.36. The van der Waals surface area contributed by atoms with Crippen molar-refractivity contribution in [3.05, 3.63) is 24.0 Å². The average molecular weight is 267 g/mol. The minimum atomic E-state index is -0.0630. The lowest BCUT2D eigenvalue weighted by Gasteiger charge is -2.13. The fourth-order valence-electron chi connectivity index (χ4n) is 1.63. The van der Waals surface area contributed by atoms with Crippen LogP contribution in [-0.4, -0.2) is 36.0 Å². The second-order valence-electron chi connectivity index (χ2n) is 4.22. The molecule has 5 heteroatoms. The summed E-state index contributed by atoms with van der Waals surface area (Å²) in [5, 5.41) is 6.11. The van der Waals surface area contributed by atoms with E-state index in [0.717, 1.165) is 18.0 Å². The van der Waals surface area contributed by atoms with E-state index in [1.54, 1.807) is 24.2 Å². The Kier molecular flexibility index (Phi) is 6.57. The van der Waals surface area contributed by atoms with Crippen molar-refractivity contribution in [2.24, 2.45) is 5.92 Å². The molecular formula is C13H21N3OS. The van der Waals surface area contributed by atoms with Gasteiger partial charge in [-0.05, 0) is 30.9 Å². The SMILES string of the molecule is CCNc1ccncc1C(=O)NCC(C)CSC. The highest BCUT2D eigenvalue weighted by Crippen LogP contribution is 2.13. The lowest BCUT2D eigenvalue weighted by molar-refractivity contribution is 0.0949. The van der Waals surface area contributed by atoms with Crippen LogP contribution in [0.3, 0.4) is 0 Å². The highest BCUT2D eigenvalue weighted by atomic mass is 32.2. The van der Waals surface area contributed by atoms with Gasteiger partial charge in [-0.1, -0.05) is 6.92 Å². The first-order valence-corrected chi connectivity index (χ1v) is 7.53. The van der Waals surface area contributed by atoms with Crippen molar-refractivity contribution in [3.8, 4) is 0 Å². The van der Waals surface area contributed by atoms with Gasteiger partial charge in [0, 0.05) is 25.5 Å². The Balaban J connectivity index is 2.60. The van der Waals surface area contributed by atoms with Crippen LogP contribution in [0.5, 0.6) is 0 Å². The van der Waals surface area contributed by atoms with Gasteiger partial charge in [-0.25, -0.2) is 0 Å². The zero-order chi connectivity index (χ0) is 13.4. The number of pyridine rings is 1. The Morgan fingerprint density at radius 2 is 2.33 bits per heavy atom. The summed E-state index contributed by atoms with van der Waals surface area (Å²) in [6, 6.07) is 1.82. The van der Waals surface area contributed by atoms with Crippen LogP contribution in [0.1, 0.15) is 24.2 Å². The molecule has 0 bridgehead atoms. The third-order valence-corrected chi connectivity index (χ3v) is 3.40. The summed E-state index contributed by atoms with van der Waals surface area (Å²) in [7, 11) is 0. The zero-order valence-electron chi connectivity index (χ0n) is 11.2.